The number of nitrogens with zero attached hydrogens (tertiary/aromatic N) is 3. The van der Waals surface area contributed by atoms with E-state index in [1.807, 2.05) is 25.1 Å². The number of hydrogen-bond acceptors (Lipinski definition) is 5. The predicted molar refractivity (Wildman–Crippen MR) is 81.1 cm³/mol. The summed E-state index contributed by atoms with van der Waals surface area (Å²) in [4.78, 5) is 16.5. The Bertz CT molecular complexity index is 641. The summed E-state index contributed by atoms with van der Waals surface area (Å²) in [7, 11) is 0. The van der Waals surface area contributed by atoms with E-state index in [9.17, 15) is 4.79 Å². The summed E-state index contributed by atoms with van der Waals surface area (Å²) in [5.41, 5.74) is 1.50. The smallest absolute Gasteiger partial charge is 0.331 e. The van der Waals surface area contributed by atoms with Crippen molar-refractivity contribution in [2.24, 2.45) is 0 Å². The number of nitrogens with one attached hydrogen (secondary N) is 1. The van der Waals surface area contributed by atoms with Crippen molar-refractivity contribution >= 4 is 5.97 Å². The summed E-state index contributed by atoms with van der Waals surface area (Å²) < 4.78 is 7.08. The molecule has 1 heterocycles. The summed E-state index contributed by atoms with van der Waals surface area (Å²) >= 11 is 0. The van der Waals surface area contributed by atoms with Crippen molar-refractivity contribution in [3.63, 3.8) is 0 Å². The third-order valence-electron chi connectivity index (χ3n) is 4.10. The van der Waals surface area contributed by atoms with Crippen molar-refractivity contribution in [1.82, 2.24) is 20.1 Å². The van der Waals surface area contributed by atoms with Crippen LogP contribution in [-0.4, -0.2) is 33.9 Å². The largest absolute Gasteiger partial charge is 0.464 e. The fourth-order valence-corrected chi connectivity index (χ4v) is 3.07. The number of carbonyl (C=O) groups excluding carboxylic acids is 1. The van der Waals surface area contributed by atoms with Crippen LogP contribution in [0.25, 0.3) is 0 Å². The molecule has 0 unspecified atom stereocenters. The lowest BCUT2D eigenvalue weighted by molar-refractivity contribution is -0.151. The Morgan fingerprint density at radius 1 is 1.45 bits per heavy atom. The van der Waals surface area contributed by atoms with E-state index in [1.54, 1.807) is 11.0 Å². The summed E-state index contributed by atoms with van der Waals surface area (Å²) in [5, 5.41) is 7.49. The van der Waals surface area contributed by atoms with Crippen molar-refractivity contribution in [3.05, 3.63) is 48.0 Å². The number of hydrogen-bond donors (Lipinski definition) is 1. The van der Waals surface area contributed by atoms with Crippen LogP contribution in [0.15, 0.2) is 36.9 Å². The molecule has 1 atom stereocenters. The molecular formula is C16H20N4O2. The molecule has 6 heteroatoms. The van der Waals surface area contributed by atoms with E-state index in [2.05, 4.69) is 21.5 Å². The average Bonchev–Trinajstić information content (AvgIpc) is 3.17. The topological polar surface area (TPSA) is 69.0 Å². The monoisotopic (exact) mass is 300 g/mol. The Hall–Kier alpha value is -2.21. The van der Waals surface area contributed by atoms with E-state index < -0.39 is 5.54 Å². The van der Waals surface area contributed by atoms with Crippen LogP contribution in [-0.2, 0) is 28.0 Å². The number of ether oxygens (including phenoxy) is 1. The second-order valence-electron chi connectivity index (χ2n) is 5.37. The maximum absolute atomic E-state index is 12.6. The Balaban J connectivity index is 1.80. The third kappa shape index (κ3) is 2.62. The Morgan fingerprint density at radius 2 is 2.32 bits per heavy atom. The zero-order valence-corrected chi connectivity index (χ0v) is 12.7. The number of aryl methyl sites for hydroxylation is 1. The van der Waals surface area contributed by atoms with Gasteiger partial charge in [-0.3, -0.25) is 10.00 Å². The lowest BCUT2D eigenvalue weighted by Crippen LogP contribution is -2.49. The summed E-state index contributed by atoms with van der Waals surface area (Å²) in [6.45, 7) is 3.50. The molecular weight excluding hydrogens is 280 g/mol. The fraction of sp³-hybridized carbons (Fsp3) is 0.438. The first-order valence-corrected chi connectivity index (χ1v) is 7.59. The van der Waals surface area contributed by atoms with Gasteiger partial charge in [0.15, 0.2) is 0 Å². The van der Waals surface area contributed by atoms with Gasteiger partial charge in [-0.05, 0) is 30.9 Å². The fourth-order valence-electron chi connectivity index (χ4n) is 3.07. The predicted octanol–water partition coefficient (Wildman–Crippen LogP) is 1.27. The van der Waals surface area contributed by atoms with Gasteiger partial charge in [-0.25, -0.2) is 9.78 Å². The highest BCUT2D eigenvalue weighted by molar-refractivity contribution is 5.84. The molecule has 0 amide bonds. The molecule has 0 saturated carbocycles. The maximum atomic E-state index is 12.6. The summed E-state index contributed by atoms with van der Waals surface area (Å²) in [6, 6.07) is 8.07. The molecule has 0 fully saturated rings. The molecule has 0 bridgehead atoms. The van der Waals surface area contributed by atoms with Gasteiger partial charge in [0.05, 0.1) is 13.2 Å². The van der Waals surface area contributed by atoms with Gasteiger partial charge in [-0.15, -0.1) is 0 Å². The van der Waals surface area contributed by atoms with E-state index in [0.717, 1.165) is 18.4 Å². The number of benzene rings is 1. The lowest BCUT2D eigenvalue weighted by atomic mass is 9.91. The first-order chi connectivity index (χ1) is 10.8. The van der Waals surface area contributed by atoms with Gasteiger partial charge < -0.3 is 4.74 Å². The molecule has 0 saturated heterocycles. The number of esters is 1. The van der Waals surface area contributed by atoms with Crippen LogP contribution in [0.1, 0.15) is 24.5 Å². The second-order valence-corrected chi connectivity index (χ2v) is 5.37. The normalized spacial score (nSPS) is 19.9. The first kappa shape index (κ1) is 14.7. The molecule has 2 aromatic rings. The molecule has 1 N–H and O–H groups in total. The molecule has 0 aliphatic heterocycles. The molecule has 116 valence electrons. The molecule has 1 aliphatic rings. The highest BCUT2D eigenvalue weighted by atomic mass is 16.5. The first-order valence-electron chi connectivity index (χ1n) is 7.59. The van der Waals surface area contributed by atoms with E-state index >= 15 is 0 Å². The van der Waals surface area contributed by atoms with Crippen LogP contribution in [0.4, 0.5) is 0 Å². The van der Waals surface area contributed by atoms with Crippen LogP contribution >= 0.6 is 0 Å². The van der Waals surface area contributed by atoms with Gasteiger partial charge >= 0.3 is 5.97 Å². The van der Waals surface area contributed by atoms with Crippen LogP contribution in [0.2, 0.25) is 0 Å². The van der Waals surface area contributed by atoms with E-state index in [4.69, 9.17) is 4.74 Å². The maximum Gasteiger partial charge on any atom is 0.331 e. The second kappa shape index (κ2) is 6.27. The molecule has 0 radical (unpaired) electrons. The zero-order chi connectivity index (χ0) is 15.4. The summed E-state index contributed by atoms with van der Waals surface area (Å²) in [6.07, 6.45) is 4.78. The number of fused-ring (bicyclic) bond motifs is 1. The van der Waals surface area contributed by atoms with E-state index in [0.29, 0.717) is 19.7 Å². The molecule has 1 aromatic carbocycles. The molecule has 1 aliphatic carbocycles. The summed E-state index contributed by atoms with van der Waals surface area (Å²) in [5.74, 6) is -0.196. The lowest BCUT2D eigenvalue weighted by Gasteiger charge is -2.29. The van der Waals surface area contributed by atoms with Gasteiger partial charge in [0, 0.05) is 6.54 Å². The Kier molecular flexibility index (Phi) is 4.20. The minimum absolute atomic E-state index is 0.196. The zero-order valence-electron chi connectivity index (χ0n) is 12.7. The van der Waals surface area contributed by atoms with Crippen LogP contribution in [0.3, 0.4) is 0 Å². The molecule has 6 nitrogen and oxygen atoms in total. The Labute approximate surface area is 129 Å². The minimum Gasteiger partial charge on any atom is -0.464 e. The van der Waals surface area contributed by atoms with Crippen molar-refractivity contribution in [3.8, 4) is 0 Å². The van der Waals surface area contributed by atoms with Gasteiger partial charge in [-0.2, -0.15) is 5.10 Å². The SMILES string of the molecule is CCOC(=O)[C@]1(NCCn2cncn2)CCc2ccccc21. The van der Waals surface area contributed by atoms with Crippen LogP contribution < -0.4 is 5.32 Å². The van der Waals surface area contributed by atoms with Gasteiger partial charge in [0.2, 0.25) is 0 Å². The molecule has 3 rings (SSSR count). The molecule has 1 aromatic heterocycles. The molecule has 0 spiro atoms. The highest BCUT2D eigenvalue weighted by Crippen LogP contribution is 2.37. The van der Waals surface area contributed by atoms with Crippen molar-refractivity contribution in [2.45, 2.75) is 31.8 Å². The molecule has 22 heavy (non-hydrogen) atoms. The minimum atomic E-state index is -0.743. The highest BCUT2D eigenvalue weighted by Gasteiger charge is 2.46. The van der Waals surface area contributed by atoms with Gasteiger partial charge in [-0.1, -0.05) is 24.3 Å². The number of carbonyl (C=O) groups is 1. The van der Waals surface area contributed by atoms with Crippen LogP contribution in [0, 0.1) is 0 Å². The van der Waals surface area contributed by atoms with Gasteiger partial charge in [0.1, 0.15) is 18.2 Å². The number of aromatic nitrogens is 3. The standard InChI is InChI=1S/C16H20N4O2/c1-2-22-15(21)16(18-9-10-20-12-17-11-19-20)8-7-13-5-3-4-6-14(13)16/h3-6,11-12,18H,2,7-10H2,1H3/t16-/m0/s1. The number of rotatable bonds is 6. The van der Waals surface area contributed by atoms with Crippen LogP contribution in [0.5, 0.6) is 0 Å². The van der Waals surface area contributed by atoms with Crippen molar-refractivity contribution in [1.29, 1.82) is 0 Å². The Morgan fingerprint density at radius 3 is 3.09 bits per heavy atom. The van der Waals surface area contributed by atoms with Crippen molar-refractivity contribution in [2.75, 3.05) is 13.2 Å². The van der Waals surface area contributed by atoms with E-state index in [-0.39, 0.29) is 5.97 Å². The van der Waals surface area contributed by atoms with E-state index in [1.165, 1.54) is 11.9 Å². The average molecular weight is 300 g/mol. The van der Waals surface area contributed by atoms with Gasteiger partial charge in [0.25, 0.3) is 0 Å². The quantitative estimate of drug-likeness (QED) is 0.814. The van der Waals surface area contributed by atoms with Crippen molar-refractivity contribution < 1.29 is 9.53 Å². The third-order valence-corrected chi connectivity index (χ3v) is 4.10.